The number of morpholine rings is 1. The Labute approximate surface area is 129 Å². The molecular weight excluding hydrogens is 284 g/mol. The van der Waals surface area contributed by atoms with Gasteiger partial charge in [-0.15, -0.1) is 0 Å². The Hall–Kier alpha value is -2.24. The van der Waals surface area contributed by atoms with Gasteiger partial charge < -0.3 is 14.4 Å². The van der Waals surface area contributed by atoms with Crippen molar-refractivity contribution in [1.29, 1.82) is 0 Å². The van der Waals surface area contributed by atoms with Gasteiger partial charge in [0.1, 0.15) is 11.7 Å². The standard InChI is InChI=1S/C15H20N4O3/c1-15(2,3)22-14(20)19-8-9-21-13(10-19)11-4-6-12(7-5-11)17-18-16/h4-7,13H,8-10H2,1-3H3/t13-/m1/s1. The van der Waals surface area contributed by atoms with Crippen LogP contribution < -0.4 is 0 Å². The number of benzene rings is 1. The summed E-state index contributed by atoms with van der Waals surface area (Å²) in [5.74, 6) is 0. The number of hydrogen-bond donors (Lipinski definition) is 0. The Kier molecular flexibility index (Phi) is 4.90. The highest BCUT2D eigenvalue weighted by molar-refractivity contribution is 5.68. The zero-order chi connectivity index (χ0) is 16.2. The molecule has 2 rings (SSSR count). The van der Waals surface area contributed by atoms with E-state index in [2.05, 4.69) is 10.0 Å². The van der Waals surface area contributed by atoms with Gasteiger partial charge in [0.2, 0.25) is 0 Å². The van der Waals surface area contributed by atoms with E-state index in [-0.39, 0.29) is 12.2 Å². The van der Waals surface area contributed by atoms with Gasteiger partial charge in [-0.2, -0.15) is 0 Å². The lowest BCUT2D eigenvalue weighted by Gasteiger charge is -2.34. The van der Waals surface area contributed by atoms with Crippen molar-refractivity contribution in [3.8, 4) is 0 Å². The molecule has 0 radical (unpaired) electrons. The summed E-state index contributed by atoms with van der Waals surface area (Å²) in [5, 5.41) is 3.53. The lowest BCUT2D eigenvalue weighted by molar-refractivity contribution is -0.0432. The van der Waals surface area contributed by atoms with E-state index in [0.29, 0.717) is 25.4 Å². The predicted octanol–water partition coefficient (Wildman–Crippen LogP) is 3.94. The predicted molar refractivity (Wildman–Crippen MR) is 81.7 cm³/mol. The Morgan fingerprint density at radius 1 is 1.41 bits per heavy atom. The van der Waals surface area contributed by atoms with E-state index in [1.807, 2.05) is 32.9 Å². The first-order chi connectivity index (χ1) is 10.4. The number of amides is 1. The third kappa shape index (κ3) is 4.38. The van der Waals surface area contributed by atoms with Gasteiger partial charge >= 0.3 is 6.09 Å². The average Bonchev–Trinajstić information content (AvgIpc) is 2.47. The minimum absolute atomic E-state index is 0.207. The number of hydrogen-bond acceptors (Lipinski definition) is 4. The molecule has 1 aliphatic heterocycles. The second-order valence-electron chi connectivity index (χ2n) is 6.07. The van der Waals surface area contributed by atoms with Crippen molar-refractivity contribution in [2.45, 2.75) is 32.5 Å². The largest absolute Gasteiger partial charge is 0.444 e. The van der Waals surface area contributed by atoms with Crippen molar-refractivity contribution in [3.05, 3.63) is 40.3 Å². The van der Waals surface area contributed by atoms with Crippen molar-refractivity contribution < 1.29 is 14.3 Å². The smallest absolute Gasteiger partial charge is 0.410 e. The van der Waals surface area contributed by atoms with E-state index in [4.69, 9.17) is 15.0 Å². The molecule has 0 bridgehead atoms. The van der Waals surface area contributed by atoms with E-state index in [9.17, 15) is 4.79 Å². The van der Waals surface area contributed by atoms with Gasteiger partial charge in [0, 0.05) is 17.1 Å². The van der Waals surface area contributed by atoms with Crippen LogP contribution in [0.2, 0.25) is 0 Å². The number of ether oxygens (including phenoxy) is 2. The Morgan fingerprint density at radius 2 is 2.09 bits per heavy atom. The molecule has 0 spiro atoms. The number of azide groups is 1. The number of carbonyl (C=O) groups excluding carboxylic acids is 1. The van der Waals surface area contributed by atoms with E-state index in [0.717, 1.165) is 5.56 Å². The van der Waals surface area contributed by atoms with E-state index >= 15 is 0 Å². The molecule has 1 aromatic rings. The Balaban J connectivity index is 2.03. The van der Waals surface area contributed by atoms with Crippen LogP contribution in [-0.4, -0.2) is 36.3 Å². The van der Waals surface area contributed by atoms with Crippen LogP contribution in [0.3, 0.4) is 0 Å². The summed E-state index contributed by atoms with van der Waals surface area (Å²) in [5.41, 5.74) is 9.37. The van der Waals surface area contributed by atoms with Crippen LogP contribution in [0.1, 0.15) is 32.4 Å². The summed E-state index contributed by atoms with van der Waals surface area (Å²) in [6.45, 7) is 6.95. The molecule has 1 aromatic carbocycles. The van der Waals surface area contributed by atoms with Crippen molar-refractivity contribution >= 4 is 11.8 Å². The number of nitrogens with zero attached hydrogens (tertiary/aromatic N) is 4. The van der Waals surface area contributed by atoms with Crippen molar-refractivity contribution in [1.82, 2.24) is 4.90 Å². The summed E-state index contributed by atoms with van der Waals surface area (Å²) >= 11 is 0. The molecule has 118 valence electrons. The highest BCUT2D eigenvalue weighted by Gasteiger charge is 2.28. The molecular formula is C15H20N4O3. The molecule has 0 unspecified atom stereocenters. The van der Waals surface area contributed by atoms with Gasteiger partial charge in [-0.25, -0.2) is 4.79 Å². The zero-order valence-electron chi connectivity index (χ0n) is 13.0. The van der Waals surface area contributed by atoms with Gasteiger partial charge in [-0.05, 0) is 31.9 Å². The molecule has 0 N–H and O–H groups in total. The summed E-state index contributed by atoms with van der Waals surface area (Å²) in [6.07, 6.45) is -0.534. The van der Waals surface area contributed by atoms with Gasteiger partial charge in [0.25, 0.3) is 0 Å². The minimum Gasteiger partial charge on any atom is -0.444 e. The molecule has 1 fully saturated rings. The van der Waals surface area contributed by atoms with Gasteiger partial charge in [-0.1, -0.05) is 29.4 Å². The highest BCUT2D eigenvalue weighted by Crippen LogP contribution is 2.25. The normalized spacial score (nSPS) is 18.5. The Bertz CT molecular complexity index is 573. The molecule has 1 aliphatic rings. The summed E-state index contributed by atoms with van der Waals surface area (Å²) in [6, 6.07) is 7.14. The molecule has 1 heterocycles. The lowest BCUT2D eigenvalue weighted by atomic mass is 10.1. The zero-order valence-corrected chi connectivity index (χ0v) is 13.0. The average molecular weight is 304 g/mol. The summed E-state index contributed by atoms with van der Waals surface area (Å²) in [7, 11) is 0. The highest BCUT2D eigenvalue weighted by atomic mass is 16.6. The Morgan fingerprint density at radius 3 is 2.68 bits per heavy atom. The topological polar surface area (TPSA) is 87.5 Å². The molecule has 1 amide bonds. The van der Waals surface area contributed by atoms with Gasteiger partial charge in [0.05, 0.1) is 13.2 Å². The second kappa shape index (κ2) is 6.68. The first kappa shape index (κ1) is 16.1. The van der Waals surface area contributed by atoms with Crippen LogP contribution in [0.5, 0.6) is 0 Å². The maximum absolute atomic E-state index is 12.1. The molecule has 7 heteroatoms. The van der Waals surface area contributed by atoms with E-state index < -0.39 is 5.60 Å². The third-order valence-electron chi connectivity index (χ3n) is 3.14. The molecule has 1 atom stereocenters. The van der Waals surface area contributed by atoms with Crippen LogP contribution in [0.25, 0.3) is 10.4 Å². The van der Waals surface area contributed by atoms with Crippen molar-refractivity contribution in [2.24, 2.45) is 5.11 Å². The van der Waals surface area contributed by atoms with Gasteiger partial charge in [0.15, 0.2) is 0 Å². The van der Waals surface area contributed by atoms with E-state index in [1.54, 1.807) is 17.0 Å². The first-order valence-corrected chi connectivity index (χ1v) is 7.13. The molecule has 22 heavy (non-hydrogen) atoms. The molecule has 0 aromatic heterocycles. The van der Waals surface area contributed by atoms with Crippen LogP contribution in [0, 0.1) is 0 Å². The minimum atomic E-state index is -0.512. The second-order valence-corrected chi connectivity index (χ2v) is 6.07. The first-order valence-electron chi connectivity index (χ1n) is 7.13. The molecule has 1 saturated heterocycles. The molecule has 0 aliphatic carbocycles. The summed E-state index contributed by atoms with van der Waals surface area (Å²) in [4.78, 5) is 16.5. The van der Waals surface area contributed by atoms with Crippen LogP contribution in [0.15, 0.2) is 29.4 Å². The van der Waals surface area contributed by atoms with E-state index in [1.165, 1.54) is 0 Å². The SMILES string of the molecule is CC(C)(C)OC(=O)N1CCO[C@@H](c2ccc(N=[N+]=[N-])cc2)C1. The van der Waals surface area contributed by atoms with Crippen LogP contribution >= 0.6 is 0 Å². The fourth-order valence-electron chi connectivity index (χ4n) is 2.15. The monoisotopic (exact) mass is 304 g/mol. The van der Waals surface area contributed by atoms with Crippen molar-refractivity contribution in [3.63, 3.8) is 0 Å². The van der Waals surface area contributed by atoms with Crippen LogP contribution in [0.4, 0.5) is 10.5 Å². The molecule has 0 saturated carbocycles. The van der Waals surface area contributed by atoms with Crippen LogP contribution in [-0.2, 0) is 9.47 Å². The maximum atomic E-state index is 12.1. The maximum Gasteiger partial charge on any atom is 0.410 e. The fourth-order valence-corrected chi connectivity index (χ4v) is 2.15. The summed E-state index contributed by atoms with van der Waals surface area (Å²) < 4.78 is 11.1. The fraction of sp³-hybridized carbons (Fsp3) is 0.533. The lowest BCUT2D eigenvalue weighted by Crippen LogP contribution is -2.44. The number of carbonyl (C=O) groups is 1. The third-order valence-corrected chi connectivity index (χ3v) is 3.14. The van der Waals surface area contributed by atoms with Gasteiger partial charge in [-0.3, -0.25) is 0 Å². The number of rotatable bonds is 2. The quantitative estimate of drug-likeness (QED) is 0.471. The molecule has 7 nitrogen and oxygen atoms in total. The van der Waals surface area contributed by atoms with Crippen molar-refractivity contribution in [2.75, 3.05) is 19.7 Å².